The molecule has 4 rings (SSSR count). The Hall–Kier alpha value is -3.07. The van der Waals surface area contributed by atoms with Gasteiger partial charge in [0.2, 0.25) is 0 Å². The number of nitrogens with zero attached hydrogens (tertiary/aromatic N) is 4. The van der Waals surface area contributed by atoms with Crippen molar-refractivity contribution in [3.8, 4) is 23.1 Å². The summed E-state index contributed by atoms with van der Waals surface area (Å²) in [5.74, 6) is 1.51. The maximum absolute atomic E-state index is 9.00. The molecule has 1 heterocycles. The Kier molecular flexibility index (Phi) is 6.36. The number of rotatable bonds is 5. The molecule has 0 atom stereocenters. The van der Waals surface area contributed by atoms with Gasteiger partial charge in [0.05, 0.1) is 11.6 Å². The highest BCUT2D eigenvalue weighted by Gasteiger charge is 2.18. The first-order chi connectivity index (χ1) is 15.3. The zero-order valence-corrected chi connectivity index (χ0v) is 19.8. The topological polar surface area (TPSA) is 54.5 Å². The number of benzene rings is 3. The Bertz CT molecular complexity index is 1250. The van der Waals surface area contributed by atoms with E-state index in [9.17, 15) is 0 Å². The first-order valence-corrected chi connectivity index (χ1v) is 11.7. The van der Waals surface area contributed by atoms with Gasteiger partial charge in [-0.25, -0.2) is 0 Å². The lowest BCUT2D eigenvalue weighted by Gasteiger charge is -2.19. The summed E-state index contributed by atoms with van der Waals surface area (Å²) in [7, 11) is 0. The van der Waals surface area contributed by atoms with Crippen molar-refractivity contribution in [1.29, 1.82) is 5.26 Å². The summed E-state index contributed by atoms with van der Waals surface area (Å²) in [4.78, 5) is 0. The number of hydrogen-bond acceptors (Lipinski definition) is 4. The maximum atomic E-state index is 9.00. The Balaban J connectivity index is 1.70. The van der Waals surface area contributed by atoms with Crippen LogP contribution in [0.3, 0.4) is 0 Å². The van der Waals surface area contributed by atoms with E-state index in [-0.39, 0.29) is 5.41 Å². The van der Waals surface area contributed by atoms with Crippen LogP contribution in [-0.2, 0) is 11.2 Å². The van der Waals surface area contributed by atoms with Crippen LogP contribution in [0.4, 0.5) is 0 Å². The lowest BCUT2D eigenvalue weighted by molar-refractivity contribution is 0.590. The zero-order chi connectivity index (χ0) is 22.7. The predicted molar refractivity (Wildman–Crippen MR) is 131 cm³/mol. The molecule has 4 nitrogen and oxygen atoms in total. The molecule has 1 aromatic heterocycles. The molecule has 32 heavy (non-hydrogen) atoms. The van der Waals surface area contributed by atoms with Gasteiger partial charge in [0, 0.05) is 22.0 Å². The Morgan fingerprint density at radius 2 is 1.56 bits per heavy atom. The van der Waals surface area contributed by atoms with E-state index >= 15 is 0 Å². The smallest absolute Gasteiger partial charge is 0.196 e. The minimum Gasteiger partial charge on any atom is -0.270 e. The largest absolute Gasteiger partial charge is 0.270 e. The van der Waals surface area contributed by atoms with Crippen LogP contribution in [0.15, 0.2) is 78.0 Å². The summed E-state index contributed by atoms with van der Waals surface area (Å²) < 4.78 is 2.07. The second-order valence-corrected chi connectivity index (χ2v) is 9.92. The van der Waals surface area contributed by atoms with E-state index in [0.29, 0.717) is 10.6 Å². The molecule has 0 aliphatic rings. The third kappa shape index (κ3) is 4.88. The van der Waals surface area contributed by atoms with E-state index in [4.69, 9.17) is 16.9 Å². The fourth-order valence-electron chi connectivity index (χ4n) is 3.32. The summed E-state index contributed by atoms with van der Waals surface area (Å²) in [5.41, 5.74) is 5.10. The van der Waals surface area contributed by atoms with Gasteiger partial charge in [-0.2, -0.15) is 5.26 Å². The molecule has 0 N–H and O–H groups in total. The van der Waals surface area contributed by atoms with Crippen LogP contribution in [0.1, 0.15) is 37.5 Å². The average Bonchev–Trinajstić information content (AvgIpc) is 3.22. The molecule has 0 saturated carbocycles. The van der Waals surface area contributed by atoms with E-state index in [2.05, 4.69) is 65.9 Å². The van der Waals surface area contributed by atoms with Gasteiger partial charge in [0.1, 0.15) is 0 Å². The molecular formula is C26H23ClN4S. The van der Waals surface area contributed by atoms with Crippen molar-refractivity contribution in [2.75, 3.05) is 0 Å². The van der Waals surface area contributed by atoms with Gasteiger partial charge in [0.25, 0.3) is 0 Å². The van der Waals surface area contributed by atoms with Gasteiger partial charge < -0.3 is 0 Å². The zero-order valence-electron chi connectivity index (χ0n) is 18.2. The molecule has 0 spiro atoms. The molecule has 0 bridgehead atoms. The number of halogens is 1. The van der Waals surface area contributed by atoms with Crippen LogP contribution in [-0.4, -0.2) is 14.8 Å². The van der Waals surface area contributed by atoms with Crippen LogP contribution in [0.2, 0.25) is 5.02 Å². The van der Waals surface area contributed by atoms with Crippen LogP contribution < -0.4 is 0 Å². The van der Waals surface area contributed by atoms with Gasteiger partial charge in [-0.05, 0) is 52.9 Å². The molecule has 0 saturated heterocycles. The van der Waals surface area contributed by atoms with Crippen molar-refractivity contribution in [3.63, 3.8) is 0 Å². The number of thioether (sulfide) groups is 1. The minimum atomic E-state index is 0.0878. The second-order valence-electron chi connectivity index (χ2n) is 8.54. The lowest BCUT2D eigenvalue weighted by atomic mass is 9.87. The summed E-state index contributed by atoms with van der Waals surface area (Å²) in [5, 5.41) is 19.5. The number of aromatic nitrogens is 3. The third-order valence-corrected chi connectivity index (χ3v) is 6.43. The molecule has 0 amide bonds. The highest BCUT2D eigenvalue weighted by molar-refractivity contribution is 7.98. The van der Waals surface area contributed by atoms with E-state index in [0.717, 1.165) is 33.5 Å². The first-order valence-electron chi connectivity index (χ1n) is 10.3. The normalized spacial score (nSPS) is 11.3. The summed E-state index contributed by atoms with van der Waals surface area (Å²) in [6.07, 6.45) is 0. The Morgan fingerprint density at radius 1 is 0.906 bits per heavy atom. The maximum Gasteiger partial charge on any atom is 0.196 e. The molecule has 0 aliphatic heterocycles. The van der Waals surface area contributed by atoms with Crippen molar-refractivity contribution in [3.05, 3.63) is 94.5 Å². The van der Waals surface area contributed by atoms with Crippen molar-refractivity contribution in [2.24, 2.45) is 0 Å². The van der Waals surface area contributed by atoms with Crippen molar-refractivity contribution >= 4 is 23.4 Å². The molecule has 6 heteroatoms. The van der Waals surface area contributed by atoms with Gasteiger partial charge >= 0.3 is 0 Å². The minimum absolute atomic E-state index is 0.0878. The van der Waals surface area contributed by atoms with Gasteiger partial charge in [0.15, 0.2) is 11.0 Å². The average molecular weight is 459 g/mol. The van der Waals surface area contributed by atoms with Crippen molar-refractivity contribution in [2.45, 2.75) is 37.1 Å². The molecule has 0 unspecified atom stereocenters. The monoisotopic (exact) mass is 458 g/mol. The van der Waals surface area contributed by atoms with E-state index in [1.807, 2.05) is 48.5 Å². The quantitative estimate of drug-likeness (QED) is 0.300. The van der Waals surface area contributed by atoms with Crippen LogP contribution >= 0.6 is 23.4 Å². The first kappa shape index (κ1) is 22.1. The predicted octanol–water partition coefficient (Wildman–Crippen LogP) is 7.05. The third-order valence-electron chi connectivity index (χ3n) is 5.18. The summed E-state index contributed by atoms with van der Waals surface area (Å²) in [6, 6.07) is 26.0. The Morgan fingerprint density at radius 3 is 2.16 bits per heavy atom. The molecule has 0 aliphatic carbocycles. The van der Waals surface area contributed by atoms with E-state index in [1.54, 1.807) is 11.8 Å². The number of hydrogen-bond donors (Lipinski definition) is 0. The highest BCUT2D eigenvalue weighted by Crippen LogP contribution is 2.31. The van der Waals surface area contributed by atoms with Crippen LogP contribution in [0.25, 0.3) is 17.1 Å². The van der Waals surface area contributed by atoms with Crippen molar-refractivity contribution in [1.82, 2.24) is 14.8 Å². The van der Waals surface area contributed by atoms with E-state index in [1.165, 1.54) is 5.56 Å². The van der Waals surface area contributed by atoms with Crippen LogP contribution in [0.5, 0.6) is 0 Å². The summed E-state index contributed by atoms with van der Waals surface area (Å²) in [6.45, 7) is 6.61. The summed E-state index contributed by atoms with van der Waals surface area (Å²) >= 11 is 7.74. The van der Waals surface area contributed by atoms with Crippen LogP contribution in [0, 0.1) is 11.3 Å². The number of nitriles is 1. The molecule has 160 valence electrons. The Labute approximate surface area is 197 Å². The lowest BCUT2D eigenvalue weighted by Crippen LogP contribution is -2.10. The van der Waals surface area contributed by atoms with Gasteiger partial charge in [-0.1, -0.05) is 80.5 Å². The fourth-order valence-corrected chi connectivity index (χ4v) is 4.35. The molecular weight excluding hydrogens is 436 g/mol. The SMILES string of the molecule is CC(C)(C)c1ccc(-c2nnc(SCc3ccc(C#N)cc3)n2-c2ccc(Cl)cc2)cc1. The van der Waals surface area contributed by atoms with Gasteiger partial charge in [-0.3, -0.25) is 4.57 Å². The highest BCUT2D eigenvalue weighted by atomic mass is 35.5. The van der Waals surface area contributed by atoms with E-state index < -0.39 is 0 Å². The fraction of sp³-hybridized carbons (Fsp3) is 0.192. The second kappa shape index (κ2) is 9.20. The van der Waals surface area contributed by atoms with Crippen molar-refractivity contribution < 1.29 is 0 Å². The molecule has 3 aromatic carbocycles. The molecule has 0 fully saturated rings. The molecule has 0 radical (unpaired) electrons. The molecule has 4 aromatic rings. The van der Waals surface area contributed by atoms with Gasteiger partial charge in [-0.15, -0.1) is 10.2 Å². The standard InChI is InChI=1S/C26H23ClN4S/c1-26(2,3)21-10-8-20(9-11-21)24-29-30-25(31(24)23-14-12-22(27)13-15-23)32-17-19-6-4-18(16-28)5-7-19/h4-15H,17H2,1-3H3.